The van der Waals surface area contributed by atoms with Crippen LogP contribution in [-0.4, -0.2) is 52.3 Å². The molecule has 1 aromatic rings. The first-order chi connectivity index (χ1) is 11.7. The highest BCUT2D eigenvalue weighted by Crippen LogP contribution is 2.38. The number of likely N-dealkylation sites (tertiary alicyclic amines) is 1. The quantitative estimate of drug-likeness (QED) is 0.852. The number of amides is 2. The van der Waals surface area contributed by atoms with Gasteiger partial charge in [0.05, 0.1) is 0 Å². The topological polar surface area (TPSA) is 53.5 Å². The molecule has 3 fully saturated rings. The molecule has 3 aliphatic rings. The molecule has 0 aliphatic carbocycles. The number of piperidine rings is 3. The average Bonchev–Trinajstić information content (AvgIpc) is 2.61. The van der Waals surface area contributed by atoms with Gasteiger partial charge >= 0.3 is 0 Å². The summed E-state index contributed by atoms with van der Waals surface area (Å²) >= 11 is 0. The molecule has 0 radical (unpaired) electrons. The van der Waals surface area contributed by atoms with Crippen molar-refractivity contribution in [2.24, 2.45) is 11.8 Å². The second-order valence-electron chi connectivity index (χ2n) is 7.53. The molecular formula is C19H25N3O2. The van der Waals surface area contributed by atoms with Gasteiger partial charge in [-0.15, -0.1) is 0 Å². The first kappa shape index (κ1) is 15.6. The predicted molar refractivity (Wildman–Crippen MR) is 90.1 cm³/mol. The molecule has 0 N–H and O–H groups in total. The molecule has 2 bridgehead atoms. The van der Waals surface area contributed by atoms with Crippen LogP contribution >= 0.6 is 0 Å². The van der Waals surface area contributed by atoms with Crippen molar-refractivity contribution in [2.45, 2.75) is 44.6 Å². The minimum absolute atomic E-state index is 0.254. The summed E-state index contributed by atoms with van der Waals surface area (Å²) in [6.07, 6.45) is 8.92. The molecule has 4 heterocycles. The molecule has 0 saturated carbocycles. The number of hydrogen-bond donors (Lipinski definition) is 0. The maximum absolute atomic E-state index is 12.7. The average molecular weight is 327 g/mol. The molecule has 3 atom stereocenters. The van der Waals surface area contributed by atoms with Crippen LogP contribution < -0.4 is 0 Å². The molecule has 1 aromatic heterocycles. The Morgan fingerprint density at radius 1 is 1.29 bits per heavy atom. The Morgan fingerprint density at radius 3 is 3.04 bits per heavy atom. The lowest BCUT2D eigenvalue weighted by molar-refractivity contribution is -0.148. The van der Waals surface area contributed by atoms with Crippen LogP contribution in [-0.2, 0) is 16.0 Å². The van der Waals surface area contributed by atoms with Crippen LogP contribution in [0.3, 0.4) is 0 Å². The van der Waals surface area contributed by atoms with Gasteiger partial charge in [-0.05, 0) is 49.1 Å². The van der Waals surface area contributed by atoms with Crippen molar-refractivity contribution in [3.8, 4) is 0 Å². The van der Waals surface area contributed by atoms with E-state index in [9.17, 15) is 9.59 Å². The van der Waals surface area contributed by atoms with Gasteiger partial charge in [-0.3, -0.25) is 14.6 Å². The van der Waals surface area contributed by atoms with Crippen LogP contribution in [0.4, 0.5) is 0 Å². The number of fused-ring (bicyclic) bond motifs is 4. The maximum Gasteiger partial charge on any atom is 0.222 e. The molecule has 128 valence electrons. The summed E-state index contributed by atoms with van der Waals surface area (Å²) < 4.78 is 0. The van der Waals surface area contributed by atoms with E-state index in [4.69, 9.17) is 0 Å². The third kappa shape index (κ3) is 3.04. The molecule has 3 aliphatic heterocycles. The number of rotatable bonds is 3. The van der Waals surface area contributed by atoms with E-state index in [1.807, 2.05) is 18.3 Å². The maximum atomic E-state index is 12.7. The number of aromatic nitrogens is 1. The Kier molecular flexibility index (Phi) is 4.25. The lowest BCUT2D eigenvalue weighted by Gasteiger charge is -2.52. The second kappa shape index (κ2) is 6.54. The molecule has 3 saturated heterocycles. The van der Waals surface area contributed by atoms with Crippen LogP contribution in [0.2, 0.25) is 0 Å². The zero-order chi connectivity index (χ0) is 16.5. The third-order valence-electron chi connectivity index (χ3n) is 5.88. The zero-order valence-corrected chi connectivity index (χ0v) is 14.1. The van der Waals surface area contributed by atoms with Crippen molar-refractivity contribution >= 4 is 11.8 Å². The number of aryl methyl sites for hydroxylation is 1. The Bertz CT molecular complexity index is 618. The highest BCUT2D eigenvalue weighted by molar-refractivity contribution is 5.78. The smallest absolute Gasteiger partial charge is 0.222 e. The van der Waals surface area contributed by atoms with Crippen molar-refractivity contribution in [1.29, 1.82) is 0 Å². The van der Waals surface area contributed by atoms with Crippen molar-refractivity contribution < 1.29 is 9.59 Å². The number of pyridine rings is 1. The fourth-order valence-corrected chi connectivity index (χ4v) is 4.77. The van der Waals surface area contributed by atoms with Crippen LogP contribution in [0, 0.1) is 11.8 Å². The van der Waals surface area contributed by atoms with Gasteiger partial charge in [0, 0.05) is 50.9 Å². The lowest BCUT2D eigenvalue weighted by atomic mass is 9.76. The molecule has 24 heavy (non-hydrogen) atoms. The van der Waals surface area contributed by atoms with E-state index in [2.05, 4.69) is 14.8 Å². The van der Waals surface area contributed by atoms with Crippen LogP contribution in [0.5, 0.6) is 0 Å². The molecule has 4 rings (SSSR count). The fraction of sp³-hybridized carbons (Fsp3) is 0.632. The van der Waals surface area contributed by atoms with Gasteiger partial charge in [-0.1, -0.05) is 6.07 Å². The molecular weight excluding hydrogens is 302 g/mol. The summed E-state index contributed by atoms with van der Waals surface area (Å²) in [6, 6.07) is 4.31. The Balaban J connectivity index is 1.38. The van der Waals surface area contributed by atoms with Gasteiger partial charge in [0.1, 0.15) is 0 Å². The highest BCUT2D eigenvalue weighted by atomic mass is 16.2. The van der Waals surface area contributed by atoms with E-state index in [1.54, 1.807) is 6.20 Å². The molecule has 5 nitrogen and oxygen atoms in total. The van der Waals surface area contributed by atoms with Crippen molar-refractivity contribution in [2.75, 3.05) is 19.6 Å². The summed E-state index contributed by atoms with van der Waals surface area (Å²) in [6.45, 7) is 2.50. The number of carbonyl (C=O) groups excluding carboxylic acids is 2. The van der Waals surface area contributed by atoms with Gasteiger partial charge in [-0.25, -0.2) is 0 Å². The number of nitrogens with zero attached hydrogens (tertiary/aromatic N) is 3. The molecule has 2 amide bonds. The van der Waals surface area contributed by atoms with Gasteiger partial charge < -0.3 is 9.80 Å². The van der Waals surface area contributed by atoms with E-state index in [1.165, 1.54) is 6.42 Å². The van der Waals surface area contributed by atoms with Gasteiger partial charge in [0.2, 0.25) is 11.8 Å². The largest absolute Gasteiger partial charge is 0.342 e. The van der Waals surface area contributed by atoms with Crippen molar-refractivity contribution in [3.05, 3.63) is 30.1 Å². The minimum atomic E-state index is 0.254. The van der Waals surface area contributed by atoms with Gasteiger partial charge in [-0.2, -0.15) is 0 Å². The summed E-state index contributed by atoms with van der Waals surface area (Å²) in [5.41, 5.74) is 1.12. The summed E-state index contributed by atoms with van der Waals surface area (Å²) in [4.78, 5) is 33.1. The standard InChI is InChI=1S/C19H25N3O2/c23-18(7-6-14-3-2-8-20-10-14)21-11-15-9-16(13-21)17-4-1-5-19(24)22(17)12-15/h2-3,8,10,15-17H,1,4-7,9,11-13H2/t15?,16?,17-/m0/s1. The van der Waals surface area contributed by atoms with E-state index in [0.717, 1.165) is 44.5 Å². The van der Waals surface area contributed by atoms with Crippen LogP contribution in [0.15, 0.2) is 24.5 Å². The van der Waals surface area contributed by atoms with E-state index in [0.29, 0.717) is 36.6 Å². The van der Waals surface area contributed by atoms with Crippen molar-refractivity contribution in [1.82, 2.24) is 14.8 Å². The van der Waals surface area contributed by atoms with Crippen LogP contribution in [0.1, 0.15) is 37.7 Å². The molecule has 0 aromatic carbocycles. The SMILES string of the molecule is O=C(CCc1cccnc1)N1CC2CC(C1)[C@@H]1CCCC(=O)N1C2. The highest BCUT2D eigenvalue weighted by Gasteiger charge is 2.44. The lowest BCUT2D eigenvalue weighted by Crippen LogP contribution is -2.61. The minimum Gasteiger partial charge on any atom is -0.342 e. The predicted octanol–water partition coefficient (Wildman–Crippen LogP) is 1.87. The fourth-order valence-electron chi connectivity index (χ4n) is 4.77. The summed E-state index contributed by atoms with van der Waals surface area (Å²) in [7, 11) is 0. The van der Waals surface area contributed by atoms with E-state index >= 15 is 0 Å². The normalized spacial score (nSPS) is 29.3. The second-order valence-corrected chi connectivity index (χ2v) is 7.53. The zero-order valence-electron chi connectivity index (χ0n) is 14.1. The van der Waals surface area contributed by atoms with Crippen molar-refractivity contribution in [3.63, 3.8) is 0 Å². The van der Waals surface area contributed by atoms with E-state index < -0.39 is 0 Å². The third-order valence-corrected chi connectivity index (χ3v) is 5.88. The van der Waals surface area contributed by atoms with E-state index in [-0.39, 0.29) is 5.91 Å². The number of carbonyl (C=O) groups is 2. The molecule has 2 unspecified atom stereocenters. The Labute approximate surface area is 143 Å². The van der Waals surface area contributed by atoms with Crippen LogP contribution in [0.25, 0.3) is 0 Å². The monoisotopic (exact) mass is 327 g/mol. The first-order valence-corrected chi connectivity index (χ1v) is 9.17. The molecule has 0 spiro atoms. The summed E-state index contributed by atoms with van der Waals surface area (Å²) in [5, 5.41) is 0. The molecule has 5 heteroatoms. The Hall–Kier alpha value is -1.91. The summed E-state index contributed by atoms with van der Waals surface area (Å²) in [5.74, 6) is 1.52. The Morgan fingerprint density at radius 2 is 2.21 bits per heavy atom. The van der Waals surface area contributed by atoms with Gasteiger partial charge in [0.25, 0.3) is 0 Å². The van der Waals surface area contributed by atoms with Gasteiger partial charge in [0.15, 0.2) is 0 Å². The first-order valence-electron chi connectivity index (χ1n) is 9.17. The number of hydrogen-bond acceptors (Lipinski definition) is 3.